The van der Waals surface area contributed by atoms with Gasteiger partial charge in [0.25, 0.3) is 0 Å². The second kappa shape index (κ2) is 6.34. The lowest BCUT2D eigenvalue weighted by Gasteiger charge is -2.28. The number of hydrogen-bond donors (Lipinski definition) is 1. The predicted molar refractivity (Wildman–Crippen MR) is 73.6 cm³/mol. The van der Waals surface area contributed by atoms with Crippen molar-refractivity contribution in [2.45, 2.75) is 18.0 Å². The van der Waals surface area contributed by atoms with Crippen LogP contribution in [0.1, 0.15) is 5.56 Å². The van der Waals surface area contributed by atoms with Crippen LogP contribution in [-0.4, -0.2) is 17.2 Å². The van der Waals surface area contributed by atoms with Crippen LogP contribution in [0.3, 0.4) is 0 Å². The molecule has 25 heavy (non-hydrogen) atoms. The molecule has 2 aromatic carbocycles. The second-order valence-corrected chi connectivity index (χ2v) is 4.91. The Hall–Kier alpha value is -2.65. The standard InChI is InChI=1S/C15H9F7N2O/c16-13(17,14(18,19)15(20,21)22)9-1-3-10(4-2-9)23-24-11-5-7-12(25)8-6-11/h1-8,25H. The summed E-state index contributed by atoms with van der Waals surface area (Å²) in [6, 6.07) is 7.93. The molecule has 0 atom stereocenters. The van der Waals surface area contributed by atoms with Crippen LogP contribution in [0.2, 0.25) is 0 Å². The first-order valence-corrected chi connectivity index (χ1v) is 6.59. The normalized spacial score (nSPS) is 13.4. The molecule has 0 bridgehead atoms. The summed E-state index contributed by atoms with van der Waals surface area (Å²) < 4.78 is 89.4. The lowest BCUT2D eigenvalue weighted by Crippen LogP contribution is -2.49. The number of benzene rings is 2. The molecule has 3 nitrogen and oxygen atoms in total. The maximum atomic E-state index is 13.5. The Bertz CT molecular complexity index is 753. The highest BCUT2D eigenvalue weighted by Gasteiger charge is 2.73. The Morgan fingerprint density at radius 1 is 0.640 bits per heavy atom. The Kier molecular flexibility index (Phi) is 4.74. The van der Waals surface area contributed by atoms with Crippen LogP contribution in [0, 0.1) is 0 Å². The van der Waals surface area contributed by atoms with Crippen LogP contribution >= 0.6 is 0 Å². The number of alkyl halides is 7. The fraction of sp³-hybridized carbons (Fsp3) is 0.200. The molecule has 0 radical (unpaired) electrons. The molecular formula is C15H9F7N2O. The molecule has 0 aromatic heterocycles. The van der Waals surface area contributed by atoms with E-state index in [0.29, 0.717) is 17.8 Å². The highest BCUT2D eigenvalue weighted by Crippen LogP contribution is 2.51. The molecule has 1 N–H and O–H groups in total. The van der Waals surface area contributed by atoms with Crippen molar-refractivity contribution in [2.75, 3.05) is 0 Å². The molecule has 0 saturated heterocycles. The zero-order chi connectivity index (χ0) is 18.9. The van der Waals surface area contributed by atoms with Gasteiger partial charge in [0.15, 0.2) is 0 Å². The van der Waals surface area contributed by atoms with Gasteiger partial charge in [0.2, 0.25) is 0 Å². The highest BCUT2D eigenvalue weighted by atomic mass is 19.4. The van der Waals surface area contributed by atoms with Crippen molar-refractivity contribution in [3.8, 4) is 5.75 Å². The van der Waals surface area contributed by atoms with Gasteiger partial charge in [0, 0.05) is 5.56 Å². The molecule has 0 saturated carbocycles. The molecule has 0 heterocycles. The number of hydrogen-bond acceptors (Lipinski definition) is 3. The van der Waals surface area contributed by atoms with E-state index < -0.39 is 23.6 Å². The number of rotatable bonds is 4. The molecule has 0 aliphatic carbocycles. The molecule has 0 fully saturated rings. The first kappa shape index (κ1) is 18.7. The van der Waals surface area contributed by atoms with Crippen molar-refractivity contribution in [1.29, 1.82) is 0 Å². The van der Waals surface area contributed by atoms with Gasteiger partial charge in [-0.25, -0.2) is 0 Å². The van der Waals surface area contributed by atoms with Crippen LogP contribution in [0.15, 0.2) is 58.8 Å². The summed E-state index contributed by atoms with van der Waals surface area (Å²) in [5.41, 5.74) is -1.24. The summed E-state index contributed by atoms with van der Waals surface area (Å²) >= 11 is 0. The van der Waals surface area contributed by atoms with E-state index in [0.717, 1.165) is 12.1 Å². The van der Waals surface area contributed by atoms with Crippen LogP contribution in [0.5, 0.6) is 5.75 Å². The topological polar surface area (TPSA) is 45.0 Å². The van der Waals surface area contributed by atoms with Crippen LogP contribution < -0.4 is 0 Å². The van der Waals surface area contributed by atoms with Gasteiger partial charge in [-0.2, -0.15) is 41.0 Å². The van der Waals surface area contributed by atoms with E-state index in [9.17, 15) is 30.7 Å². The minimum atomic E-state index is -6.40. The average molecular weight is 366 g/mol. The van der Waals surface area contributed by atoms with Crippen LogP contribution in [0.25, 0.3) is 0 Å². The molecule has 0 aliphatic rings. The van der Waals surface area contributed by atoms with E-state index >= 15 is 0 Å². The average Bonchev–Trinajstić information content (AvgIpc) is 2.53. The third kappa shape index (κ3) is 3.72. The minimum absolute atomic E-state index is 0.0175. The van der Waals surface area contributed by atoms with Gasteiger partial charge >= 0.3 is 18.0 Å². The maximum absolute atomic E-state index is 13.5. The Balaban J connectivity index is 2.23. The smallest absolute Gasteiger partial charge is 0.460 e. The van der Waals surface area contributed by atoms with E-state index in [-0.39, 0.29) is 11.4 Å². The van der Waals surface area contributed by atoms with Crippen molar-refractivity contribution in [2.24, 2.45) is 10.2 Å². The molecule has 0 unspecified atom stereocenters. The first-order valence-electron chi connectivity index (χ1n) is 6.59. The van der Waals surface area contributed by atoms with E-state index in [2.05, 4.69) is 10.2 Å². The molecular weight excluding hydrogens is 357 g/mol. The number of azo groups is 1. The number of phenolic OH excluding ortho intramolecular Hbond substituents is 1. The quantitative estimate of drug-likeness (QED) is 0.516. The van der Waals surface area contributed by atoms with Gasteiger partial charge in [0.05, 0.1) is 11.4 Å². The van der Waals surface area contributed by atoms with Crippen molar-refractivity contribution < 1.29 is 35.8 Å². The molecule has 134 valence electrons. The second-order valence-electron chi connectivity index (χ2n) is 4.91. The molecule has 2 rings (SSSR count). The number of nitrogens with zero attached hydrogens (tertiary/aromatic N) is 2. The van der Waals surface area contributed by atoms with E-state index in [1.54, 1.807) is 0 Å². The lowest BCUT2D eigenvalue weighted by atomic mass is 10.0. The summed E-state index contributed by atoms with van der Waals surface area (Å²) in [6.07, 6.45) is -6.40. The predicted octanol–water partition coefficient (Wildman–Crippen LogP) is 6.10. The minimum Gasteiger partial charge on any atom is -0.508 e. The van der Waals surface area contributed by atoms with E-state index in [1.807, 2.05) is 0 Å². The van der Waals surface area contributed by atoms with Crippen molar-refractivity contribution in [3.05, 3.63) is 54.1 Å². The van der Waals surface area contributed by atoms with Gasteiger partial charge in [-0.05, 0) is 36.4 Å². The van der Waals surface area contributed by atoms with Crippen molar-refractivity contribution >= 4 is 11.4 Å². The third-order valence-electron chi connectivity index (χ3n) is 3.11. The number of aromatic hydroxyl groups is 1. The Morgan fingerprint density at radius 3 is 1.44 bits per heavy atom. The summed E-state index contributed by atoms with van der Waals surface area (Å²) in [7, 11) is 0. The van der Waals surface area contributed by atoms with E-state index in [1.165, 1.54) is 24.3 Å². The zero-order valence-electron chi connectivity index (χ0n) is 12.1. The largest absolute Gasteiger partial charge is 0.508 e. The summed E-state index contributed by atoms with van der Waals surface area (Å²) in [5.74, 6) is -11.7. The summed E-state index contributed by atoms with van der Waals surface area (Å²) in [6.45, 7) is 0. The molecule has 2 aromatic rings. The van der Waals surface area contributed by atoms with Gasteiger partial charge in [-0.1, -0.05) is 12.1 Å². The molecule has 0 spiro atoms. The fourth-order valence-electron chi connectivity index (χ4n) is 1.73. The fourth-order valence-corrected chi connectivity index (χ4v) is 1.73. The van der Waals surface area contributed by atoms with Crippen LogP contribution in [-0.2, 0) is 5.92 Å². The van der Waals surface area contributed by atoms with E-state index in [4.69, 9.17) is 5.11 Å². The zero-order valence-corrected chi connectivity index (χ0v) is 12.1. The van der Waals surface area contributed by atoms with Crippen molar-refractivity contribution in [3.63, 3.8) is 0 Å². The van der Waals surface area contributed by atoms with Gasteiger partial charge < -0.3 is 5.11 Å². The van der Waals surface area contributed by atoms with Gasteiger partial charge in [-0.3, -0.25) is 0 Å². The monoisotopic (exact) mass is 366 g/mol. The molecule has 10 heteroatoms. The molecule has 0 amide bonds. The number of halogens is 7. The SMILES string of the molecule is Oc1ccc(N=Nc2ccc(C(F)(F)C(F)(F)C(F)(F)F)cc2)cc1. The first-order chi connectivity index (χ1) is 11.4. The lowest BCUT2D eigenvalue weighted by molar-refractivity contribution is -0.359. The molecule has 0 aliphatic heterocycles. The Morgan fingerprint density at radius 2 is 1.04 bits per heavy atom. The summed E-state index contributed by atoms with van der Waals surface area (Å²) in [5, 5.41) is 16.4. The number of phenols is 1. The maximum Gasteiger partial charge on any atom is 0.460 e. The van der Waals surface area contributed by atoms with Gasteiger partial charge in [-0.15, -0.1) is 0 Å². The summed E-state index contributed by atoms with van der Waals surface area (Å²) in [4.78, 5) is 0. The van der Waals surface area contributed by atoms with Gasteiger partial charge in [0.1, 0.15) is 5.75 Å². The van der Waals surface area contributed by atoms with Crippen molar-refractivity contribution in [1.82, 2.24) is 0 Å². The Labute approximate surface area is 136 Å². The third-order valence-corrected chi connectivity index (χ3v) is 3.11. The van der Waals surface area contributed by atoms with Crippen LogP contribution in [0.4, 0.5) is 42.1 Å². The highest BCUT2D eigenvalue weighted by molar-refractivity contribution is 5.43.